The minimum atomic E-state index is 0.634. The molecule has 3 rings (SSSR count). The van der Waals surface area contributed by atoms with E-state index in [9.17, 15) is 0 Å². The van der Waals surface area contributed by atoms with Crippen LogP contribution in [0.2, 0.25) is 0 Å². The Balaban J connectivity index is 1.67. The Labute approximate surface area is 172 Å². The van der Waals surface area contributed by atoms with Crippen LogP contribution in [-0.4, -0.2) is 29.4 Å². The third-order valence-corrected chi connectivity index (χ3v) is 4.62. The summed E-state index contributed by atoms with van der Waals surface area (Å²) in [7, 11) is 1.77. The molecule has 0 radical (unpaired) electrons. The first-order valence-electron chi connectivity index (χ1n) is 9.89. The molecule has 0 amide bonds. The van der Waals surface area contributed by atoms with E-state index in [4.69, 9.17) is 4.74 Å². The highest BCUT2D eigenvalue weighted by Crippen LogP contribution is 2.18. The molecule has 0 unspecified atom stereocenters. The van der Waals surface area contributed by atoms with Crippen LogP contribution >= 0.6 is 0 Å². The average molecular weight is 392 g/mol. The third-order valence-electron chi connectivity index (χ3n) is 4.62. The lowest BCUT2D eigenvalue weighted by atomic mass is 10.1. The zero-order valence-corrected chi connectivity index (χ0v) is 17.6. The van der Waals surface area contributed by atoms with Gasteiger partial charge in [-0.2, -0.15) is 5.10 Å². The standard InChI is InChI=1S/C23H29N5O/c1-5-29-22-13-9-7-11-20(22)16-26-23(24-4)25-15-19-10-6-8-12-21(19)28-18(3)14-17(2)27-28/h6-14H,5,15-16H2,1-4H3,(H2,24,25,26). The monoisotopic (exact) mass is 391 g/mol. The van der Waals surface area contributed by atoms with E-state index in [-0.39, 0.29) is 0 Å². The van der Waals surface area contributed by atoms with Gasteiger partial charge in [-0.05, 0) is 44.5 Å². The van der Waals surface area contributed by atoms with Crippen molar-refractivity contribution >= 4 is 5.96 Å². The number of aryl methyl sites for hydroxylation is 2. The van der Waals surface area contributed by atoms with Crippen molar-refractivity contribution in [3.63, 3.8) is 0 Å². The van der Waals surface area contributed by atoms with Crippen molar-refractivity contribution in [3.05, 3.63) is 77.1 Å². The molecule has 0 aliphatic rings. The van der Waals surface area contributed by atoms with Gasteiger partial charge < -0.3 is 15.4 Å². The molecule has 1 aromatic heterocycles. The maximum Gasteiger partial charge on any atom is 0.191 e. The molecule has 29 heavy (non-hydrogen) atoms. The Kier molecular flexibility index (Phi) is 6.89. The summed E-state index contributed by atoms with van der Waals surface area (Å²) in [6.45, 7) is 7.99. The van der Waals surface area contributed by atoms with Crippen molar-refractivity contribution in [1.82, 2.24) is 20.4 Å². The fourth-order valence-electron chi connectivity index (χ4n) is 3.26. The first-order valence-corrected chi connectivity index (χ1v) is 9.89. The van der Waals surface area contributed by atoms with Gasteiger partial charge in [-0.25, -0.2) is 4.68 Å². The molecule has 0 spiro atoms. The Hall–Kier alpha value is -3.28. The van der Waals surface area contributed by atoms with E-state index in [0.717, 1.165) is 39.9 Å². The van der Waals surface area contributed by atoms with Gasteiger partial charge >= 0.3 is 0 Å². The molecule has 6 nitrogen and oxygen atoms in total. The number of aromatic nitrogens is 2. The van der Waals surface area contributed by atoms with Crippen LogP contribution in [0.5, 0.6) is 5.75 Å². The molecule has 0 fully saturated rings. The topological polar surface area (TPSA) is 63.5 Å². The number of rotatable bonds is 7. The summed E-state index contributed by atoms with van der Waals surface area (Å²) in [5, 5.41) is 11.4. The first kappa shape index (κ1) is 20.5. The quantitative estimate of drug-likeness (QED) is 0.476. The molecule has 2 N–H and O–H groups in total. The summed E-state index contributed by atoms with van der Waals surface area (Å²) in [5.74, 6) is 1.63. The van der Waals surface area contributed by atoms with Gasteiger partial charge in [0, 0.05) is 31.4 Å². The SMILES string of the molecule is CCOc1ccccc1CNC(=NC)NCc1ccccc1-n1nc(C)cc1C. The summed E-state index contributed by atoms with van der Waals surface area (Å²) < 4.78 is 7.69. The molecule has 6 heteroatoms. The largest absolute Gasteiger partial charge is 0.494 e. The van der Waals surface area contributed by atoms with Crippen molar-refractivity contribution in [2.24, 2.45) is 4.99 Å². The smallest absolute Gasteiger partial charge is 0.191 e. The van der Waals surface area contributed by atoms with Crippen LogP contribution in [0.4, 0.5) is 0 Å². The van der Waals surface area contributed by atoms with E-state index in [1.165, 1.54) is 0 Å². The Morgan fingerprint density at radius 1 is 1.00 bits per heavy atom. The van der Waals surface area contributed by atoms with Crippen LogP contribution in [0, 0.1) is 13.8 Å². The summed E-state index contributed by atoms with van der Waals surface area (Å²) >= 11 is 0. The number of para-hydroxylation sites is 2. The zero-order valence-electron chi connectivity index (χ0n) is 17.6. The van der Waals surface area contributed by atoms with Crippen LogP contribution in [0.25, 0.3) is 5.69 Å². The number of hydrogen-bond acceptors (Lipinski definition) is 3. The Morgan fingerprint density at radius 2 is 1.66 bits per heavy atom. The Bertz CT molecular complexity index is 977. The van der Waals surface area contributed by atoms with Crippen LogP contribution < -0.4 is 15.4 Å². The van der Waals surface area contributed by atoms with Crippen molar-refractivity contribution in [1.29, 1.82) is 0 Å². The summed E-state index contributed by atoms with van der Waals surface area (Å²) in [4.78, 5) is 4.35. The van der Waals surface area contributed by atoms with E-state index in [2.05, 4.69) is 51.9 Å². The first-order chi connectivity index (χ1) is 14.1. The highest BCUT2D eigenvalue weighted by Gasteiger charge is 2.10. The van der Waals surface area contributed by atoms with Crippen LogP contribution in [0.15, 0.2) is 59.6 Å². The number of aliphatic imine (C=N–C) groups is 1. The van der Waals surface area contributed by atoms with Gasteiger partial charge in [0.05, 0.1) is 18.0 Å². The fourth-order valence-corrected chi connectivity index (χ4v) is 3.26. The molecule has 0 bridgehead atoms. The molecular weight excluding hydrogens is 362 g/mol. The van der Waals surface area contributed by atoms with Crippen molar-refractivity contribution in [3.8, 4) is 11.4 Å². The number of ether oxygens (including phenoxy) is 1. The molecule has 0 aliphatic heterocycles. The summed E-state index contributed by atoms with van der Waals surface area (Å²) in [6.07, 6.45) is 0. The second-order valence-electron chi connectivity index (χ2n) is 6.79. The van der Waals surface area contributed by atoms with Crippen molar-refractivity contribution in [2.45, 2.75) is 33.9 Å². The minimum absolute atomic E-state index is 0.634. The van der Waals surface area contributed by atoms with Crippen LogP contribution in [0.1, 0.15) is 29.4 Å². The highest BCUT2D eigenvalue weighted by atomic mass is 16.5. The van der Waals surface area contributed by atoms with Gasteiger partial charge in [0.25, 0.3) is 0 Å². The average Bonchev–Trinajstić information content (AvgIpc) is 3.07. The number of hydrogen-bond donors (Lipinski definition) is 2. The number of nitrogens with zero attached hydrogens (tertiary/aromatic N) is 3. The number of guanidine groups is 1. The second kappa shape index (κ2) is 9.78. The third kappa shape index (κ3) is 5.16. The van der Waals surface area contributed by atoms with Crippen LogP contribution in [-0.2, 0) is 13.1 Å². The molecule has 0 atom stereocenters. The van der Waals surface area contributed by atoms with Gasteiger partial charge in [-0.3, -0.25) is 4.99 Å². The molecular formula is C23H29N5O. The van der Waals surface area contributed by atoms with Gasteiger partial charge in [-0.1, -0.05) is 36.4 Å². The van der Waals surface area contributed by atoms with E-state index < -0.39 is 0 Å². The van der Waals surface area contributed by atoms with Gasteiger partial charge in [0.15, 0.2) is 5.96 Å². The van der Waals surface area contributed by atoms with Gasteiger partial charge in [-0.15, -0.1) is 0 Å². The van der Waals surface area contributed by atoms with Crippen molar-refractivity contribution in [2.75, 3.05) is 13.7 Å². The highest BCUT2D eigenvalue weighted by molar-refractivity contribution is 5.79. The van der Waals surface area contributed by atoms with E-state index in [1.54, 1.807) is 7.05 Å². The van der Waals surface area contributed by atoms with E-state index in [0.29, 0.717) is 19.7 Å². The summed E-state index contributed by atoms with van der Waals surface area (Å²) in [5.41, 5.74) is 5.44. The van der Waals surface area contributed by atoms with Gasteiger partial charge in [0.1, 0.15) is 5.75 Å². The maximum atomic E-state index is 5.70. The maximum absolute atomic E-state index is 5.70. The molecule has 152 valence electrons. The predicted octanol–water partition coefficient (Wildman–Crippen LogP) is 3.75. The lowest BCUT2D eigenvalue weighted by molar-refractivity contribution is 0.336. The fraction of sp³-hybridized carbons (Fsp3) is 0.304. The predicted molar refractivity (Wildman–Crippen MR) is 118 cm³/mol. The summed E-state index contributed by atoms with van der Waals surface area (Å²) in [6, 6.07) is 18.4. The lowest BCUT2D eigenvalue weighted by Crippen LogP contribution is -2.36. The zero-order chi connectivity index (χ0) is 20.6. The molecule has 3 aromatic rings. The van der Waals surface area contributed by atoms with Gasteiger partial charge in [0.2, 0.25) is 0 Å². The van der Waals surface area contributed by atoms with E-state index >= 15 is 0 Å². The minimum Gasteiger partial charge on any atom is -0.494 e. The van der Waals surface area contributed by atoms with E-state index in [1.807, 2.05) is 48.9 Å². The molecule has 2 aromatic carbocycles. The molecule has 0 aliphatic carbocycles. The van der Waals surface area contributed by atoms with Crippen LogP contribution in [0.3, 0.4) is 0 Å². The normalized spacial score (nSPS) is 11.4. The number of nitrogens with one attached hydrogen (secondary N) is 2. The lowest BCUT2D eigenvalue weighted by Gasteiger charge is -2.16. The second-order valence-corrected chi connectivity index (χ2v) is 6.79. The molecule has 0 saturated carbocycles. The number of benzene rings is 2. The molecule has 1 heterocycles. The molecule has 0 saturated heterocycles. The van der Waals surface area contributed by atoms with Crippen molar-refractivity contribution < 1.29 is 4.74 Å². The Morgan fingerprint density at radius 3 is 2.31 bits per heavy atom.